The van der Waals surface area contributed by atoms with E-state index in [1.54, 1.807) is 18.5 Å². The second kappa shape index (κ2) is 6.87. The molecule has 1 heterocycles. The number of Topliss-reactive ketones (excluding diaryl/α,β-unsaturated/α-hetero) is 1. The van der Waals surface area contributed by atoms with Crippen LogP contribution in [0.3, 0.4) is 0 Å². The van der Waals surface area contributed by atoms with Gasteiger partial charge >= 0.3 is 0 Å². The van der Waals surface area contributed by atoms with Gasteiger partial charge < -0.3 is 5.32 Å². The Bertz CT molecular complexity index is 998. The van der Waals surface area contributed by atoms with Crippen molar-refractivity contribution in [1.29, 1.82) is 0 Å². The van der Waals surface area contributed by atoms with Crippen molar-refractivity contribution in [3.05, 3.63) is 77.1 Å². The molecule has 0 saturated carbocycles. The highest BCUT2D eigenvalue weighted by Crippen LogP contribution is 2.19. The Morgan fingerprint density at radius 3 is 2.35 bits per heavy atom. The van der Waals surface area contributed by atoms with Crippen molar-refractivity contribution in [2.24, 2.45) is 0 Å². The van der Waals surface area contributed by atoms with Crippen molar-refractivity contribution in [3.8, 4) is 5.69 Å². The highest BCUT2D eigenvalue weighted by atomic mass is 19.2. The number of para-hydroxylation sites is 1. The summed E-state index contributed by atoms with van der Waals surface area (Å²) < 4.78 is 27.8. The van der Waals surface area contributed by atoms with Gasteiger partial charge in [-0.3, -0.25) is 9.59 Å². The first-order valence-corrected chi connectivity index (χ1v) is 7.81. The minimum Gasteiger partial charge on any atom is -0.319 e. The number of hydrogen-bond acceptors (Lipinski definition) is 3. The molecule has 3 rings (SSSR count). The van der Waals surface area contributed by atoms with E-state index in [-0.39, 0.29) is 11.3 Å². The molecule has 132 valence electrons. The first-order chi connectivity index (χ1) is 12.4. The maximum Gasteiger partial charge on any atom is 0.296 e. The summed E-state index contributed by atoms with van der Waals surface area (Å²) in [6, 6.07) is 12.1. The Hall–Kier alpha value is -3.35. The molecule has 3 aromatic rings. The molecule has 2 aromatic carbocycles. The van der Waals surface area contributed by atoms with Gasteiger partial charge in [0.2, 0.25) is 0 Å². The maximum absolute atomic E-state index is 13.2. The Labute approximate surface area is 148 Å². The number of carbonyl (C=O) groups excluding carboxylic acids is 2. The van der Waals surface area contributed by atoms with E-state index in [1.807, 2.05) is 30.3 Å². The zero-order valence-electron chi connectivity index (χ0n) is 14.1. The van der Waals surface area contributed by atoms with Crippen LogP contribution in [0.2, 0.25) is 0 Å². The first-order valence-electron chi connectivity index (χ1n) is 7.81. The maximum atomic E-state index is 13.2. The summed E-state index contributed by atoms with van der Waals surface area (Å²) in [6.45, 7) is 3.32. The molecule has 0 fully saturated rings. The number of carbonyl (C=O) groups is 2. The number of anilines is 1. The van der Waals surface area contributed by atoms with Crippen LogP contribution in [0.5, 0.6) is 0 Å². The lowest BCUT2D eigenvalue weighted by Gasteiger charge is -2.06. The molecule has 0 radical (unpaired) electrons. The minimum atomic E-state index is -1.11. The zero-order chi connectivity index (χ0) is 18.8. The van der Waals surface area contributed by atoms with Gasteiger partial charge in [-0.2, -0.15) is 5.10 Å². The van der Waals surface area contributed by atoms with Crippen LogP contribution >= 0.6 is 0 Å². The lowest BCUT2D eigenvalue weighted by molar-refractivity contribution is -0.112. The van der Waals surface area contributed by atoms with E-state index < -0.39 is 23.3 Å². The first kappa shape index (κ1) is 17.5. The second-order valence-electron chi connectivity index (χ2n) is 5.71. The highest BCUT2D eigenvalue weighted by molar-refractivity contribution is 6.47. The van der Waals surface area contributed by atoms with E-state index >= 15 is 0 Å². The molecule has 0 spiro atoms. The Morgan fingerprint density at radius 1 is 1.00 bits per heavy atom. The monoisotopic (exact) mass is 355 g/mol. The number of amides is 1. The number of hydrogen-bond donors (Lipinski definition) is 1. The molecule has 0 bridgehead atoms. The molecular formula is C19H15F2N3O2. The number of benzene rings is 2. The van der Waals surface area contributed by atoms with E-state index in [0.717, 1.165) is 17.8 Å². The third-order valence-corrected chi connectivity index (χ3v) is 3.90. The predicted molar refractivity (Wildman–Crippen MR) is 92.4 cm³/mol. The number of halogens is 2. The third kappa shape index (κ3) is 3.23. The molecule has 1 amide bonds. The number of nitrogens with zero attached hydrogens (tertiary/aromatic N) is 2. The van der Waals surface area contributed by atoms with Crippen LogP contribution in [0, 0.1) is 25.5 Å². The lowest BCUT2D eigenvalue weighted by atomic mass is 10.1. The fourth-order valence-corrected chi connectivity index (χ4v) is 2.67. The Morgan fingerprint density at radius 2 is 1.69 bits per heavy atom. The zero-order valence-corrected chi connectivity index (χ0v) is 14.1. The molecule has 0 aliphatic rings. The average Bonchev–Trinajstić information content (AvgIpc) is 2.92. The van der Waals surface area contributed by atoms with Crippen molar-refractivity contribution in [2.45, 2.75) is 13.8 Å². The Balaban J connectivity index is 1.89. The second-order valence-corrected chi connectivity index (χ2v) is 5.71. The van der Waals surface area contributed by atoms with E-state index in [0.29, 0.717) is 11.4 Å². The standard InChI is InChI=1S/C19H15F2N3O2/c1-11-17(12(2)24(23-11)14-6-4-3-5-7-14)18(25)19(26)22-13-8-9-15(20)16(21)10-13/h3-10H,1-2H3,(H,22,26). The van der Waals surface area contributed by atoms with Crippen molar-refractivity contribution >= 4 is 17.4 Å². The van der Waals surface area contributed by atoms with Gasteiger partial charge in [0.1, 0.15) is 0 Å². The van der Waals surface area contributed by atoms with Gasteiger partial charge in [-0.05, 0) is 38.1 Å². The number of ketones is 1. The fraction of sp³-hybridized carbons (Fsp3) is 0.105. The fourth-order valence-electron chi connectivity index (χ4n) is 2.67. The third-order valence-electron chi connectivity index (χ3n) is 3.90. The van der Waals surface area contributed by atoms with Crippen molar-refractivity contribution < 1.29 is 18.4 Å². The summed E-state index contributed by atoms with van der Waals surface area (Å²) in [4.78, 5) is 24.8. The minimum absolute atomic E-state index is 0.00647. The molecule has 26 heavy (non-hydrogen) atoms. The molecule has 0 aliphatic heterocycles. The van der Waals surface area contributed by atoms with Crippen LogP contribution in [0.15, 0.2) is 48.5 Å². The number of aryl methyl sites for hydroxylation is 1. The lowest BCUT2D eigenvalue weighted by Crippen LogP contribution is -2.24. The van der Waals surface area contributed by atoms with Crippen molar-refractivity contribution in [3.63, 3.8) is 0 Å². The van der Waals surface area contributed by atoms with Gasteiger partial charge in [-0.25, -0.2) is 13.5 Å². The normalized spacial score (nSPS) is 10.6. The molecular weight excluding hydrogens is 340 g/mol. The van der Waals surface area contributed by atoms with Gasteiger partial charge in [0, 0.05) is 11.8 Å². The van der Waals surface area contributed by atoms with Crippen LogP contribution in [0.25, 0.3) is 5.69 Å². The van der Waals surface area contributed by atoms with Gasteiger partial charge in [-0.1, -0.05) is 18.2 Å². The van der Waals surface area contributed by atoms with Crippen LogP contribution in [0.1, 0.15) is 21.7 Å². The van der Waals surface area contributed by atoms with Gasteiger partial charge in [0.15, 0.2) is 11.6 Å². The Kier molecular flexibility index (Phi) is 4.62. The summed E-state index contributed by atoms with van der Waals surface area (Å²) in [6.07, 6.45) is 0. The van der Waals surface area contributed by atoms with Crippen LogP contribution in [0.4, 0.5) is 14.5 Å². The highest BCUT2D eigenvalue weighted by Gasteiger charge is 2.25. The van der Waals surface area contributed by atoms with Crippen molar-refractivity contribution in [2.75, 3.05) is 5.32 Å². The number of rotatable bonds is 4. The summed E-state index contributed by atoms with van der Waals surface area (Å²) in [7, 11) is 0. The predicted octanol–water partition coefficient (Wildman–Crippen LogP) is 3.59. The van der Waals surface area contributed by atoms with E-state index in [1.165, 1.54) is 6.07 Å². The molecule has 1 N–H and O–H groups in total. The molecule has 0 unspecified atom stereocenters. The summed E-state index contributed by atoms with van der Waals surface area (Å²) in [5.41, 5.74) is 1.84. The average molecular weight is 355 g/mol. The van der Waals surface area contributed by atoms with Crippen LogP contribution in [-0.4, -0.2) is 21.5 Å². The SMILES string of the molecule is Cc1nn(-c2ccccc2)c(C)c1C(=O)C(=O)Nc1ccc(F)c(F)c1. The van der Waals surface area contributed by atoms with E-state index in [4.69, 9.17) is 0 Å². The molecule has 5 nitrogen and oxygen atoms in total. The van der Waals surface area contributed by atoms with Gasteiger partial charge in [-0.15, -0.1) is 0 Å². The summed E-state index contributed by atoms with van der Waals surface area (Å²) >= 11 is 0. The van der Waals surface area contributed by atoms with Crippen molar-refractivity contribution in [1.82, 2.24) is 9.78 Å². The summed E-state index contributed by atoms with van der Waals surface area (Å²) in [5.74, 6) is -3.90. The topological polar surface area (TPSA) is 64.0 Å². The molecule has 0 saturated heterocycles. The molecule has 0 atom stereocenters. The molecule has 0 aliphatic carbocycles. The number of aromatic nitrogens is 2. The van der Waals surface area contributed by atoms with Gasteiger partial charge in [0.25, 0.3) is 11.7 Å². The van der Waals surface area contributed by atoms with E-state index in [9.17, 15) is 18.4 Å². The number of nitrogens with one attached hydrogen (secondary N) is 1. The van der Waals surface area contributed by atoms with Gasteiger partial charge in [0.05, 0.1) is 22.6 Å². The van der Waals surface area contributed by atoms with Crippen LogP contribution in [-0.2, 0) is 4.79 Å². The van der Waals surface area contributed by atoms with Crippen LogP contribution < -0.4 is 5.32 Å². The summed E-state index contributed by atoms with van der Waals surface area (Å²) in [5, 5.41) is 6.60. The quantitative estimate of drug-likeness (QED) is 0.575. The van der Waals surface area contributed by atoms with E-state index in [2.05, 4.69) is 10.4 Å². The molecule has 1 aromatic heterocycles. The molecule has 7 heteroatoms. The largest absolute Gasteiger partial charge is 0.319 e. The smallest absolute Gasteiger partial charge is 0.296 e.